The fourth-order valence-corrected chi connectivity index (χ4v) is 9.03. The SMILES string of the molecule is COc1ccc(C(OC[C@H]2O[C@@H](n3ccc(Oc4c(F)c(F)c(F)c(F)c4F)nc3=O)C[C@@H]2OP(OCCC#N)N(C(C)C)C(C)C)(c2ccccc2)c2ccc(OC)cc2)cc1. The Labute approximate surface area is 362 Å². The van der Waals surface area contributed by atoms with Crippen LogP contribution in [0, 0.1) is 40.4 Å². The summed E-state index contributed by atoms with van der Waals surface area (Å²) in [6.45, 7) is 7.89. The third kappa shape index (κ3) is 10.2. The van der Waals surface area contributed by atoms with E-state index in [-0.39, 0.29) is 38.1 Å². The molecular formula is C45H46F5N4O8P. The van der Waals surface area contributed by atoms with Crippen molar-refractivity contribution in [2.45, 2.75) is 76.7 Å². The number of ether oxygens (including phenoxy) is 5. The molecule has 1 aromatic heterocycles. The molecule has 0 aliphatic carbocycles. The largest absolute Gasteiger partial charge is 0.497 e. The van der Waals surface area contributed by atoms with E-state index < -0.39 is 79.0 Å². The molecule has 334 valence electrons. The Morgan fingerprint density at radius 2 is 1.37 bits per heavy atom. The minimum absolute atomic E-state index is 0.0291. The monoisotopic (exact) mass is 896 g/mol. The zero-order chi connectivity index (χ0) is 45.4. The maximum Gasteiger partial charge on any atom is 0.352 e. The topological polar surface area (TPSA) is 127 Å². The van der Waals surface area contributed by atoms with Gasteiger partial charge in [0.15, 0.2) is 0 Å². The molecule has 6 rings (SSSR count). The van der Waals surface area contributed by atoms with E-state index in [0.29, 0.717) is 11.5 Å². The van der Waals surface area contributed by atoms with Crippen LogP contribution in [0.4, 0.5) is 22.0 Å². The highest BCUT2D eigenvalue weighted by Gasteiger charge is 2.45. The van der Waals surface area contributed by atoms with Crippen LogP contribution in [0.5, 0.6) is 23.1 Å². The number of aromatic nitrogens is 2. The van der Waals surface area contributed by atoms with Crippen molar-refractivity contribution >= 4 is 8.53 Å². The lowest BCUT2D eigenvalue weighted by atomic mass is 9.80. The molecule has 1 fully saturated rings. The van der Waals surface area contributed by atoms with Crippen LogP contribution >= 0.6 is 8.53 Å². The summed E-state index contributed by atoms with van der Waals surface area (Å²) in [7, 11) is 1.30. The van der Waals surface area contributed by atoms with Gasteiger partial charge in [0.2, 0.25) is 40.7 Å². The lowest BCUT2D eigenvalue weighted by molar-refractivity contribution is -0.0925. The highest BCUT2D eigenvalue weighted by atomic mass is 31.2. The van der Waals surface area contributed by atoms with Gasteiger partial charge in [-0.1, -0.05) is 54.6 Å². The highest BCUT2D eigenvalue weighted by Crippen LogP contribution is 2.51. The van der Waals surface area contributed by atoms with Crippen LogP contribution < -0.4 is 19.9 Å². The number of halogens is 5. The number of nitriles is 1. The van der Waals surface area contributed by atoms with Crippen molar-refractivity contribution in [3.8, 4) is 29.2 Å². The van der Waals surface area contributed by atoms with Crippen molar-refractivity contribution in [2.24, 2.45) is 0 Å². The van der Waals surface area contributed by atoms with E-state index in [9.17, 15) is 32.0 Å². The zero-order valence-corrected chi connectivity index (χ0v) is 36.2. The maximum absolute atomic E-state index is 14.5. The first-order valence-electron chi connectivity index (χ1n) is 19.9. The standard InChI is InChI=1S/C45H46F5N4O8P/c1-27(2)54(28(3)4)63(59-24-10-22-51)62-34-25-37(53-23-21-36(52-44(53)55)61-43-41(49)39(47)38(46)40(48)42(43)50)60-35(34)26-58-45(29-11-8-7-9-12-29,30-13-17-32(56-5)18-14-30)31-15-19-33(57-6)20-16-31/h7-9,11-21,23,27-28,34-35,37H,10,24-26H2,1-6H3/t34-,35+,37+,63?/m0/s1. The summed E-state index contributed by atoms with van der Waals surface area (Å²) in [5.74, 6) is -12.4. The lowest BCUT2D eigenvalue weighted by Crippen LogP contribution is -2.39. The van der Waals surface area contributed by atoms with Gasteiger partial charge in [-0.05, 0) is 68.7 Å². The van der Waals surface area contributed by atoms with Crippen LogP contribution in [0.25, 0.3) is 0 Å². The Bertz CT molecular complexity index is 2340. The molecule has 0 N–H and O–H groups in total. The lowest BCUT2D eigenvalue weighted by Gasteiger charge is -2.39. The molecule has 18 heteroatoms. The summed E-state index contributed by atoms with van der Waals surface area (Å²) >= 11 is 0. The maximum atomic E-state index is 14.5. The minimum Gasteiger partial charge on any atom is -0.497 e. The van der Waals surface area contributed by atoms with Gasteiger partial charge >= 0.3 is 5.69 Å². The van der Waals surface area contributed by atoms with Crippen molar-refractivity contribution < 1.29 is 54.7 Å². The summed E-state index contributed by atoms with van der Waals surface area (Å²) in [4.78, 5) is 17.3. The van der Waals surface area contributed by atoms with E-state index in [1.54, 1.807) is 14.2 Å². The summed E-state index contributed by atoms with van der Waals surface area (Å²) in [6.07, 6.45) is -1.52. The quantitative estimate of drug-likeness (QED) is 0.0196. The van der Waals surface area contributed by atoms with Gasteiger partial charge in [0.1, 0.15) is 29.4 Å². The zero-order valence-electron chi connectivity index (χ0n) is 35.3. The molecule has 4 atom stereocenters. The van der Waals surface area contributed by atoms with E-state index in [1.165, 1.54) is 0 Å². The Morgan fingerprint density at radius 3 is 1.87 bits per heavy atom. The number of nitrogens with zero attached hydrogens (tertiary/aromatic N) is 4. The first-order valence-corrected chi connectivity index (χ1v) is 21.0. The van der Waals surface area contributed by atoms with E-state index in [0.717, 1.165) is 33.5 Å². The molecule has 0 amide bonds. The smallest absolute Gasteiger partial charge is 0.352 e. The molecule has 1 saturated heterocycles. The number of methoxy groups -OCH3 is 2. The molecule has 2 heterocycles. The highest BCUT2D eigenvalue weighted by molar-refractivity contribution is 7.44. The van der Waals surface area contributed by atoms with E-state index in [1.807, 2.05) is 111 Å². The van der Waals surface area contributed by atoms with Crippen molar-refractivity contribution in [1.29, 1.82) is 5.26 Å². The second-order valence-electron chi connectivity index (χ2n) is 14.8. The molecule has 0 bridgehead atoms. The van der Waals surface area contributed by atoms with Crippen molar-refractivity contribution in [3.63, 3.8) is 0 Å². The Kier molecular flexibility index (Phi) is 15.5. The van der Waals surface area contributed by atoms with Crippen LogP contribution in [-0.4, -0.2) is 65.9 Å². The fourth-order valence-electron chi connectivity index (χ4n) is 7.28. The molecule has 0 spiro atoms. The Morgan fingerprint density at radius 1 is 0.825 bits per heavy atom. The first-order chi connectivity index (χ1) is 30.2. The average molecular weight is 897 g/mol. The summed E-state index contributed by atoms with van der Waals surface area (Å²) < 4.78 is 116. The van der Waals surface area contributed by atoms with Crippen LogP contribution in [0.1, 0.15) is 63.5 Å². The second-order valence-corrected chi connectivity index (χ2v) is 16.2. The molecule has 63 heavy (non-hydrogen) atoms. The summed E-state index contributed by atoms with van der Waals surface area (Å²) in [5.41, 5.74) is -0.0581. The molecule has 1 unspecified atom stereocenters. The van der Waals surface area contributed by atoms with Gasteiger partial charge < -0.3 is 32.7 Å². The third-order valence-corrected chi connectivity index (χ3v) is 12.4. The first kappa shape index (κ1) is 47.0. The van der Waals surface area contributed by atoms with Crippen molar-refractivity contribution in [1.82, 2.24) is 14.2 Å². The molecular weight excluding hydrogens is 850 g/mol. The minimum atomic E-state index is -2.37. The molecule has 1 aliphatic heterocycles. The van der Waals surface area contributed by atoms with Crippen molar-refractivity contribution in [3.05, 3.63) is 147 Å². The van der Waals surface area contributed by atoms with E-state index >= 15 is 0 Å². The number of hydrogen-bond donors (Lipinski definition) is 0. The van der Waals surface area contributed by atoms with Gasteiger partial charge in [0.25, 0.3) is 8.53 Å². The number of benzene rings is 4. The molecule has 4 aromatic carbocycles. The van der Waals surface area contributed by atoms with Crippen LogP contribution in [0.2, 0.25) is 0 Å². The molecule has 0 radical (unpaired) electrons. The van der Waals surface area contributed by atoms with Gasteiger partial charge in [-0.15, -0.1) is 0 Å². The van der Waals surface area contributed by atoms with Crippen LogP contribution in [0.15, 0.2) is 95.9 Å². The van der Waals surface area contributed by atoms with E-state index in [4.69, 9.17) is 32.7 Å². The number of hydrogen-bond acceptors (Lipinski definition) is 11. The molecule has 0 saturated carbocycles. The Balaban J connectivity index is 1.41. The normalized spacial score (nSPS) is 17.0. The fraction of sp³-hybridized carbons (Fsp3) is 0.356. The van der Waals surface area contributed by atoms with Crippen molar-refractivity contribution in [2.75, 3.05) is 27.4 Å². The predicted octanol–water partition coefficient (Wildman–Crippen LogP) is 9.71. The summed E-state index contributed by atoms with van der Waals surface area (Å²) in [6, 6.07) is 27.4. The third-order valence-electron chi connectivity index (χ3n) is 10.2. The van der Waals surface area contributed by atoms with Crippen LogP contribution in [0.3, 0.4) is 0 Å². The van der Waals surface area contributed by atoms with Gasteiger partial charge in [0, 0.05) is 30.8 Å². The number of rotatable bonds is 19. The van der Waals surface area contributed by atoms with Gasteiger partial charge in [-0.25, -0.2) is 22.6 Å². The average Bonchev–Trinajstić information content (AvgIpc) is 3.68. The van der Waals surface area contributed by atoms with Gasteiger partial charge in [-0.2, -0.15) is 19.0 Å². The van der Waals surface area contributed by atoms with Gasteiger partial charge in [0.05, 0.1) is 46.0 Å². The molecule has 5 aromatic rings. The van der Waals surface area contributed by atoms with E-state index in [2.05, 4.69) is 11.1 Å². The molecule has 1 aliphatic rings. The van der Waals surface area contributed by atoms with Crippen LogP contribution in [-0.2, 0) is 24.1 Å². The summed E-state index contributed by atoms with van der Waals surface area (Å²) in [5, 5.41) is 9.34. The van der Waals surface area contributed by atoms with Gasteiger partial charge in [-0.3, -0.25) is 4.57 Å². The second kappa shape index (κ2) is 20.8. The molecule has 12 nitrogen and oxygen atoms in total. The predicted molar refractivity (Wildman–Crippen MR) is 222 cm³/mol. The Hall–Kier alpha value is -5.47.